The van der Waals surface area contributed by atoms with Gasteiger partial charge in [0.15, 0.2) is 5.82 Å². The maximum atomic E-state index is 12.8. The molecule has 2 aromatic heterocycles. The summed E-state index contributed by atoms with van der Waals surface area (Å²) in [4.78, 5) is 30.2. The fourth-order valence-electron chi connectivity index (χ4n) is 2.51. The van der Waals surface area contributed by atoms with E-state index in [2.05, 4.69) is 20.5 Å². The van der Waals surface area contributed by atoms with Crippen molar-refractivity contribution in [3.8, 4) is 0 Å². The number of aryl methyl sites for hydroxylation is 1. The van der Waals surface area contributed by atoms with Crippen molar-refractivity contribution in [2.24, 2.45) is 7.05 Å². The Morgan fingerprint density at radius 2 is 2.09 bits per heavy atom. The molecule has 2 aromatic rings. The number of carbonyl (C=O) groups is 2. The molecule has 120 valence electrons. The van der Waals surface area contributed by atoms with E-state index in [0.717, 1.165) is 4.90 Å². The summed E-state index contributed by atoms with van der Waals surface area (Å²) in [6, 6.07) is 2.84. The highest BCUT2D eigenvalue weighted by Gasteiger charge is 2.50. The molecule has 0 aliphatic carbocycles. The van der Waals surface area contributed by atoms with Crippen LogP contribution in [0, 0.1) is 6.92 Å². The molecule has 1 atom stereocenters. The number of amides is 3. The zero-order valence-corrected chi connectivity index (χ0v) is 13.6. The molecule has 0 bridgehead atoms. The van der Waals surface area contributed by atoms with Crippen molar-refractivity contribution in [3.05, 3.63) is 40.7 Å². The van der Waals surface area contributed by atoms with Crippen LogP contribution in [-0.4, -0.2) is 36.6 Å². The van der Waals surface area contributed by atoms with Crippen LogP contribution in [0.4, 0.5) is 4.79 Å². The quantitative estimate of drug-likeness (QED) is 0.671. The van der Waals surface area contributed by atoms with Crippen molar-refractivity contribution in [3.63, 3.8) is 0 Å². The summed E-state index contributed by atoms with van der Waals surface area (Å²) < 4.78 is 1.73. The van der Waals surface area contributed by atoms with Crippen LogP contribution < -0.4 is 5.32 Å². The lowest BCUT2D eigenvalue weighted by Gasteiger charge is -2.22. The van der Waals surface area contributed by atoms with Gasteiger partial charge < -0.3 is 9.88 Å². The van der Waals surface area contributed by atoms with E-state index in [1.165, 1.54) is 6.20 Å². The summed E-state index contributed by atoms with van der Waals surface area (Å²) in [6.07, 6.45) is 1.52. The third kappa shape index (κ3) is 2.35. The topological polar surface area (TPSA) is 93.0 Å². The summed E-state index contributed by atoms with van der Waals surface area (Å²) in [5, 5.41) is 10.8. The average Bonchev–Trinajstić information content (AvgIpc) is 2.93. The SMILES string of the molecule is Cc1nnc(CN2C(=O)N[C@](C)(c3cccnc3Cl)C2=O)n1C. The number of pyridine rings is 1. The molecular formula is C14H15ClN6O2. The molecule has 1 aliphatic rings. The largest absolute Gasteiger partial charge is 0.325 e. The minimum atomic E-state index is -1.25. The van der Waals surface area contributed by atoms with E-state index in [4.69, 9.17) is 11.6 Å². The van der Waals surface area contributed by atoms with E-state index >= 15 is 0 Å². The molecule has 0 saturated carbocycles. The van der Waals surface area contributed by atoms with Gasteiger partial charge in [-0.3, -0.25) is 9.69 Å². The van der Waals surface area contributed by atoms with Crippen molar-refractivity contribution in [2.75, 3.05) is 0 Å². The Kier molecular flexibility index (Phi) is 3.56. The number of urea groups is 1. The number of rotatable bonds is 3. The summed E-state index contributed by atoms with van der Waals surface area (Å²) in [5.41, 5.74) is -0.799. The Balaban J connectivity index is 1.94. The van der Waals surface area contributed by atoms with Crippen LogP contribution in [0.5, 0.6) is 0 Å². The Morgan fingerprint density at radius 3 is 2.70 bits per heavy atom. The van der Waals surface area contributed by atoms with Gasteiger partial charge in [0, 0.05) is 18.8 Å². The number of hydrogen-bond donors (Lipinski definition) is 1. The molecule has 3 rings (SSSR count). The molecule has 0 aromatic carbocycles. The number of aromatic nitrogens is 4. The molecular weight excluding hydrogens is 320 g/mol. The first kappa shape index (κ1) is 15.4. The van der Waals surface area contributed by atoms with Crippen LogP contribution in [0.1, 0.15) is 24.1 Å². The second kappa shape index (κ2) is 5.31. The first-order valence-electron chi connectivity index (χ1n) is 6.94. The molecule has 1 fully saturated rings. The highest BCUT2D eigenvalue weighted by atomic mass is 35.5. The first-order chi connectivity index (χ1) is 10.8. The molecule has 0 radical (unpaired) electrons. The fraction of sp³-hybridized carbons (Fsp3) is 0.357. The maximum Gasteiger partial charge on any atom is 0.325 e. The van der Waals surface area contributed by atoms with Crippen LogP contribution in [0.25, 0.3) is 0 Å². The summed E-state index contributed by atoms with van der Waals surface area (Å²) >= 11 is 6.08. The van der Waals surface area contributed by atoms with Gasteiger partial charge in [-0.25, -0.2) is 9.78 Å². The minimum absolute atomic E-state index is 0.0372. The predicted molar refractivity (Wildman–Crippen MR) is 81.4 cm³/mol. The van der Waals surface area contributed by atoms with Gasteiger partial charge in [0.1, 0.15) is 16.5 Å². The van der Waals surface area contributed by atoms with E-state index in [1.54, 1.807) is 37.6 Å². The van der Waals surface area contributed by atoms with E-state index < -0.39 is 17.5 Å². The van der Waals surface area contributed by atoms with Crippen molar-refractivity contribution >= 4 is 23.5 Å². The van der Waals surface area contributed by atoms with Crippen LogP contribution in [0.2, 0.25) is 5.15 Å². The predicted octanol–water partition coefficient (Wildman–Crippen LogP) is 1.14. The standard InChI is InChI=1S/C14H15ClN6O2/c1-8-18-19-10(20(8)3)7-21-12(22)14(2,17-13(21)23)9-5-4-6-16-11(9)15/h4-6H,7H2,1-3H3,(H,17,23)/t14-/m1/s1. The molecule has 23 heavy (non-hydrogen) atoms. The molecule has 1 aliphatic heterocycles. The number of nitrogens with one attached hydrogen (secondary N) is 1. The fourth-order valence-corrected chi connectivity index (χ4v) is 2.82. The normalized spacial score (nSPS) is 21.0. The van der Waals surface area contributed by atoms with Gasteiger partial charge in [0.05, 0.1) is 6.54 Å². The van der Waals surface area contributed by atoms with Gasteiger partial charge in [-0.05, 0) is 19.9 Å². The Morgan fingerprint density at radius 1 is 1.35 bits per heavy atom. The summed E-state index contributed by atoms with van der Waals surface area (Å²) in [6.45, 7) is 3.44. The second-order valence-corrected chi connectivity index (χ2v) is 5.87. The molecule has 1 saturated heterocycles. The molecule has 3 amide bonds. The third-order valence-corrected chi connectivity index (χ3v) is 4.36. The number of carbonyl (C=O) groups excluding carboxylic acids is 2. The number of halogens is 1. The number of hydrogen-bond acceptors (Lipinski definition) is 5. The Labute approximate surface area is 137 Å². The molecule has 0 spiro atoms. The lowest BCUT2D eigenvalue weighted by Crippen LogP contribution is -2.41. The van der Waals surface area contributed by atoms with Gasteiger partial charge in [-0.2, -0.15) is 0 Å². The van der Waals surface area contributed by atoms with E-state index in [-0.39, 0.29) is 11.7 Å². The second-order valence-electron chi connectivity index (χ2n) is 5.51. The van der Waals surface area contributed by atoms with Crippen molar-refractivity contribution < 1.29 is 9.59 Å². The van der Waals surface area contributed by atoms with Crippen LogP contribution in [0.15, 0.2) is 18.3 Å². The lowest BCUT2D eigenvalue weighted by molar-refractivity contribution is -0.131. The monoisotopic (exact) mass is 334 g/mol. The van der Waals surface area contributed by atoms with Gasteiger partial charge in [0.2, 0.25) is 0 Å². The van der Waals surface area contributed by atoms with Crippen molar-refractivity contribution in [2.45, 2.75) is 25.9 Å². The summed E-state index contributed by atoms with van der Waals surface area (Å²) in [5.74, 6) is 0.815. The minimum Gasteiger partial charge on any atom is -0.319 e. The maximum absolute atomic E-state index is 12.8. The third-order valence-electron chi connectivity index (χ3n) is 4.06. The van der Waals surface area contributed by atoms with Crippen LogP contribution in [0.3, 0.4) is 0 Å². The zero-order valence-electron chi connectivity index (χ0n) is 12.9. The smallest absolute Gasteiger partial charge is 0.319 e. The van der Waals surface area contributed by atoms with Gasteiger partial charge in [0.25, 0.3) is 5.91 Å². The van der Waals surface area contributed by atoms with Crippen molar-refractivity contribution in [1.82, 2.24) is 30.0 Å². The zero-order chi connectivity index (χ0) is 16.8. The lowest BCUT2D eigenvalue weighted by atomic mass is 9.93. The van der Waals surface area contributed by atoms with Gasteiger partial charge >= 0.3 is 6.03 Å². The van der Waals surface area contributed by atoms with Crippen molar-refractivity contribution in [1.29, 1.82) is 0 Å². The Hall–Kier alpha value is -2.48. The highest BCUT2D eigenvalue weighted by Crippen LogP contribution is 2.32. The van der Waals surface area contributed by atoms with Crippen LogP contribution >= 0.6 is 11.6 Å². The van der Waals surface area contributed by atoms with Gasteiger partial charge in [-0.15, -0.1) is 10.2 Å². The molecule has 9 heteroatoms. The average molecular weight is 335 g/mol. The first-order valence-corrected chi connectivity index (χ1v) is 7.32. The number of nitrogens with zero attached hydrogens (tertiary/aromatic N) is 5. The van der Waals surface area contributed by atoms with E-state index in [9.17, 15) is 9.59 Å². The summed E-state index contributed by atoms with van der Waals surface area (Å²) in [7, 11) is 1.78. The van der Waals surface area contributed by atoms with E-state index in [0.29, 0.717) is 17.2 Å². The Bertz CT molecular complexity index is 804. The molecule has 8 nitrogen and oxygen atoms in total. The molecule has 3 heterocycles. The number of imide groups is 1. The molecule has 1 N–H and O–H groups in total. The van der Waals surface area contributed by atoms with Crippen LogP contribution in [-0.2, 0) is 23.9 Å². The highest BCUT2D eigenvalue weighted by molar-refractivity contribution is 6.30. The molecule has 0 unspecified atom stereocenters. The van der Waals surface area contributed by atoms with Gasteiger partial charge in [-0.1, -0.05) is 17.7 Å². The van der Waals surface area contributed by atoms with E-state index in [1.807, 2.05) is 0 Å².